The molecule has 1 N–H and O–H groups in total. The van der Waals surface area contributed by atoms with E-state index >= 15 is 0 Å². The van der Waals surface area contributed by atoms with Crippen molar-refractivity contribution in [2.75, 3.05) is 4.90 Å². The highest BCUT2D eigenvalue weighted by molar-refractivity contribution is 5.97. The van der Waals surface area contributed by atoms with Crippen molar-refractivity contribution in [1.82, 2.24) is 9.97 Å². The fraction of sp³-hybridized carbons (Fsp3) is 0.220. The Bertz CT molecular complexity index is 2090. The summed E-state index contributed by atoms with van der Waals surface area (Å²) >= 11 is 0. The number of phenols is 1. The van der Waals surface area contributed by atoms with E-state index in [2.05, 4.69) is 132 Å². The zero-order valence-electron chi connectivity index (χ0n) is 27.1. The molecule has 0 amide bonds. The second-order valence-electron chi connectivity index (χ2n) is 13.3. The highest BCUT2D eigenvalue weighted by atomic mass is 16.3. The van der Waals surface area contributed by atoms with Crippen LogP contribution in [0.15, 0.2) is 97.2 Å². The first kappa shape index (κ1) is 28.8. The maximum absolute atomic E-state index is 11.9. The Labute approximate surface area is 266 Å². The van der Waals surface area contributed by atoms with E-state index in [1.54, 1.807) is 0 Å². The Morgan fingerprint density at radius 2 is 1.47 bits per heavy atom. The van der Waals surface area contributed by atoms with Crippen LogP contribution >= 0.6 is 0 Å². The van der Waals surface area contributed by atoms with Gasteiger partial charge in [0.05, 0.1) is 17.1 Å². The van der Waals surface area contributed by atoms with E-state index in [0.29, 0.717) is 5.52 Å². The molecule has 224 valence electrons. The van der Waals surface area contributed by atoms with Crippen LogP contribution in [-0.2, 0) is 5.41 Å². The zero-order valence-corrected chi connectivity index (χ0v) is 27.1. The number of fused-ring (bicyclic) bond motifs is 3. The number of aromatic hydroxyl groups is 1. The Morgan fingerprint density at radius 1 is 0.756 bits per heavy atom. The minimum atomic E-state index is -0.199. The van der Waals surface area contributed by atoms with E-state index in [9.17, 15) is 5.11 Å². The van der Waals surface area contributed by atoms with Crippen molar-refractivity contribution in [3.8, 4) is 28.1 Å². The van der Waals surface area contributed by atoms with Gasteiger partial charge in [-0.25, -0.2) is 9.97 Å². The number of nitrogens with zero attached hydrogens (tertiary/aromatic N) is 3. The minimum Gasteiger partial charge on any atom is -0.505 e. The van der Waals surface area contributed by atoms with Crippen LogP contribution < -0.4 is 4.90 Å². The second-order valence-corrected chi connectivity index (χ2v) is 13.3. The number of hydrogen-bond acceptors (Lipinski definition) is 4. The Morgan fingerprint density at radius 3 is 2.18 bits per heavy atom. The van der Waals surface area contributed by atoms with Gasteiger partial charge in [0.1, 0.15) is 17.1 Å². The molecule has 0 unspecified atom stereocenters. The highest BCUT2D eigenvalue weighted by Gasteiger charge is 2.37. The lowest BCUT2D eigenvalue weighted by atomic mass is 9.73. The van der Waals surface area contributed by atoms with E-state index in [0.717, 1.165) is 56.1 Å². The SMILES string of the molecule is Cc1cc(C)c(-c2cc(C(C)C)c3ccc(-c4ccc5c(c4)N(c4ccccn4)c4ccccc4C5(C)C)nc3c2O)c(C)c1. The lowest BCUT2D eigenvalue weighted by Gasteiger charge is -2.41. The van der Waals surface area contributed by atoms with E-state index in [4.69, 9.17) is 9.97 Å². The van der Waals surface area contributed by atoms with Crippen LogP contribution in [-0.4, -0.2) is 15.1 Å². The third-order valence-electron chi connectivity index (χ3n) is 9.46. The predicted octanol–water partition coefficient (Wildman–Crippen LogP) is 10.8. The average Bonchev–Trinajstić information content (AvgIpc) is 3.02. The summed E-state index contributed by atoms with van der Waals surface area (Å²) in [5.41, 5.74) is 13.6. The lowest BCUT2D eigenvalue weighted by molar-refractivity contribution is 0.482. The first-order valence-electron chi connectivity index (χ1n) is 15.8. The predicted molar refractivity (Wildman–Crippen MR) is 187 cm³/mol. The molecule has 2 aromatic heterocycles. The number of rotatable bonds is 4. The molecule has 0 spiro atoms. The van der Waals surface area contributed by atoms with Gasteiger partial charge < -0.3 is 5.11 Å². The third kappa shape index (κ3) is 4.59. The summed E-state index contributed by atoms with van der Waals surface area (Å²) in [6.45, 7) is 15.3. The summed E-state index contributed by atoms with van der Waals surface area (Å²) in [4.78, 5) is 12.2. The average molecular weight is 590 g/mol. The van der Waals surface area contributed by atoms with Crippen LogP contribution in [0.4, 0.5) is 17.2 Å². The molecule has 4 aromatic carbocycles. The van der Waals surface area contributed by atoms with Crippen molar-refractivity contribution in [1.29, 1.82) is 0 Å². The molecule has 7 rings (SSSR count). The molecule has 0 saturated carbocycles. The number of para-hydroxylation sites is 1. The van der Waals surface area contributed by atoms with Gasteiger partial charge in [-0.1, -0.05) is 87.9 Å². The van der Waals surface area contributed by atoms with Gasteiger partial charge in [0.2, 0.25) is 0 Å². The van der Waals surface area contributed by atoms with Crippen molar-refractivity contribution in [3.05, 3.63) is 131 Å². The maximum atomic E-state index is 11.9. The normalized spacial score (nSPS) is 13.6. The molecule has 4 nitrogen and oxygen atoms in total. The van der Waals surface area contributed by atoms with Crippen LogP contribution in [0.3, 0.4) is 0 Å². The van der Waals surface area contributed by atoms with Gasteiger partial charge in [0.15, 0.2) is 0 Å². The molecule has 0 saturated heterocycles. The number of hydrogen-bond donors (Lipinski definition) is 1. The van der Waals surface area contributed by atoms with Crippen LogP contribution in [0, 0.1) is 20.8 Å². The molecule has 1 aliphatic heterocycles. The van der Waals surface area contributed by atoms with Gasteiger partial charge in [-0.2, -0.15) is 0 Å². The van der Waals surface area contributed by atoms with Crippen molar-refractivity contribution in [2.24, 2.45) is 0 Å². The smallest absolute Gasteiger partial charge is 0.149 e. The third-order valence-corrected chi connectivity index (χ3v) is 9.46. The van der Waals surface area contributed by atoms with Crippen LogP contribution in [0.2, 0.25) is 0 Å². The summed E-state index contributed by atoms with van der Waals surface area (Å²) in [7, 11) is 0. The molecular weight excluding hydrogens is 550 g/mol. The molecule has 0 radical (unpaired) electrons. The number of aryl methyl sites for hydroxylation is 3. The fourth-order valence-electron chi connectivity index (χ4n) is 7.34. The molecule has 4 heteroatoms. The maximum Gasteiger partial charge on any atom is 0.149 e. The summed E-state index contributed by atoms with van der Waals surface area (Å²) in [5, 5.41) is 12.9. The number of benzene rings is 4. The standard InChI is InChI=1S/C41H39N3O/c1-24(2)30-23-31(38-26(4)20-25(3)21-27(38)5)40(45)39-29(30)16-18-34(43-39)28-15-17-33-36(22-28)44(37-14-10-11-19-42-37)35-13-9-8-12-32(35)41(33,6)7/h8-24,45H,1-7H3. The minimum absolute atomic E-state index is 0.199. The lowest BCUT2D eigenvalue weighted by Crippen LogP contribution is -2.30. The largest absolute Gasteiger partial charge is 0.505 e. The molecule has 0 atom stereocenters. The Balaban J connectivity index is 1.45. The number of pyridine rings is 2. The molecule has 0 aliphatic carbocycles. The van der Waals surface area contributed by atoms with E-state index in [1.807, 2.05) is 18.3 Å². The summed E-state index contributed by atoms with van der Waals surface area (Å²) < 4.78 is 0. The van der Waals surface area contributed by atoms with Gasteiger partial charge in [0.25, 0.3) is 0 Å². The van der Waals surface area contributed by atoms with Gasteiger partial charge in [-0.05, 0) is 96.5 Å². The molecule has 3 heterocycles. The second kappa shape index (κ2) is 10.6. The number of aromatic nitrogens is 2. The van der Waals surface area contributed by atoms with Crippen molar-refractivity contribution >= 4 is 28.1 Å². The fourth-order valence-corrected chi connectivity index (χ4v) is 7.34. The van der Waals surface area contributed by atoms with Gasteiger partial charge in [0, 0.05) is 28.1 Å². The first-order chi connectivity index (χ1) is 21.6. The van der Waals surface area contributed by atoms with Crippen molar-refractivity contribution in [3.63, 3.8) is 0 Å². The van der Waals surface area contributed by atoms with Crippen molar-refractivity contribution in [2.45, 2.75) is 59.8 Å². The molecule has 6 aromatic rings. The van der Waals surface area contributed by atoms with E-state index in [1.165, 1.54) is 22.3 Å². The molecule has 0 bridgehead atoms. The molecule has 0 fully saturated rings. The number of phenolic OH excluding ortho intramolecular Hbond substituents is 1. The highest BCUT2D eigenvalue weighted by Crippen LogP contribution is 2.52. The zero-order chi connectivity index (χ0) is 31.6. The number of anilines is 3. The Kier molecular flexibility index (Phi) is 6.77. The summed E-state index contributed by atoms with van der Waals surface area (Å²) in [5.74, 6) is 1.37. The molecule has 45 heavy (non-hydrogen) atoms. The monoisotopic (exact) mass is 589 g/mol. The topological polar surface area (TPSA) is 49.2 Å². The first-order valence-corrected chi connectivity index (χ1v) is 15.8. The van der Waals surface area contributed by atoms with E-state index < -0.39 is 0 Å². The van der Waals surface area contributed by atoms with Gasteiger partial charge >= 0.3 is 0 Å². The van der Waals surface area contributed by atoms with Crippen LogP contribution in [0.1, 0.15) is 67.0 Å². The molecular formula is C41H39N3O. The van der Waals surface area contributed by atoms with Crippen LogP contribution in [0.5, 0.6) is 5.75 Å². The van der Waals surface area contributed by atoms with Crippen molar-refractivity contribution < 1.29 is 5.11 Å². The van der Waals surface area contributed by atoms with Gasteiger partial charge in [-0.15, -0.1) is 0 Å². The summed E-state index contributed by atoms with van der Waals surface area (Å²) in [6, 6.07) is 32.0. The summed E-state index contributed by atoms with van der Waals surface area (Å²) in [6.07, 6.45) is 1.84. The Hall–Kier alpha value is -4.96. The van der Waals surface area contributed by atoms with Crippen LogP contribution in [0.25, 0.3) is 33.3 Å². The quantitative estimate of drug-likeness (QED) is 0.222. The van der Waals surface area contributed by atoms with E-state index in [-0.39, 0.29) is 17.1 Å². The molecule has 1 aliphatic rings. The van der Waals surface area contributed by atoms with Gasteiger partial charge in [-0.3, -0.25) is 4.90 Å².